The average molecular weight is 986 g/mol. The van der Waals surface area contributed by atoms with Gasteiger partial charge in [-0.15, -0.1) is 0 Å². The Morgan fingerprint density at radius 2 is 0.750 bits per heavy atom. The van der Waals surface area contributed by atoms with E-state index >= 15 is 0 Å². The van der Waals surface area contributed by atoms with Crippen molar-refractivity contribution in [2.75, 3.05) is 0 Å². The molecule has 0 aliphatic rings. The van der Waals surface area contributed by atoms with Crippen LogP contribution in [0.5, 0.6) is 0 Å². The molecule has 0 amide bonds. The van der Waals surface area contributed by atoms with Gasteiger partial charge >= 0.3 is 0 Å². The Balaban J connectivity index is 0.000000232. The topological polar surface area (TPSA) is 15.5 Å². The predicted molar refractivity (Wildman–Crippen MR) is 307 cm³/mol. The van der Waals surface area contributed by atoms with Crippen molar-refractivity contribution in [1.82, 2.24) is 0 Å². The molecule has 0 N–H and O–H groups in total. The van der Waals surface area contributed by atoms with Crippen LogP contribution in [0.25, 0.3) is 45.0 Å². The molecule has 0 saturated heterocycles. The first-order valence-electron chi connectivity index (χ1n) is 35.8. The lowest BCUT2D eigenvalue weighted by Gasteiger charge is -2.14. The van der Waals surface area contributed by atoms with Gasteiger partial charge in [0.2, 0.25) is 22.8 Å². The first kappa shape index (κ1) is 31.2. The maximum Gasteiger partial charge on any atom is 0.212 e. The minimum atomic E-state index is -2.77. The van der Waals surface area contributed by atoms with Crippen molar-refractivity contribution in [1.29, 1.82) is 0 Å². The predicted octanol–water partition coefficient (Wildman–Crippen LogP) is 15.0. The number of hydrogen-bond donors (Lipinski definition) is 0. The summed E-state index contributed by atoms with van der Waals surface area (Å²) in [5.74, 6) is -0.638. The minimum Gasteiger partial charge on any atom is -0.201 e. The highest BCUT2D eigenvalue weighted by atomic mass is 14.9. The molecule has 4 aromatic heterocycles. The van der Waals surface area contributed by atoms with Gasteiger partial charge in [0.05, 0.1) is 0 Å². The summed E-state index contributed by atoms with van der Waals surface area (Å²) in [6.45, 7) is 4.73. The van der Waals surface area contributed by atoms with Crippen molar-refractivity contribution in [3.63, 3.8) is 0 Å². The third kappa shape index (κ3) is 13.7. The summed E-state index contributed by atoms with van der Waals surface area (Å²) >= 11 is 0. The fourth-order valence-corrected chi connectivity index (χ4v) is 8.72. The summed E-state index contributed by atoms with van der Waals surface area (Å²) in [5.41, 5.74) is 17.3. The fraction of sp³-hybridized carbons (Fsp3) is 0.353. The third-order valence-corrected chi connectivity index (χ3v) is 12.9. The Kier molecular flexibility index (Phi) is 10.5. The molecule has 4 nitrogen and oxygen atoms in total. The molecular weight excluding hydrogens is 873 g/mol. The van der Waals surface area contributed by atoms with Gasteiger partial charge in [-0.2, -0.15) is 0 Å². The second-order valence-electron chi connectivity index (χ2n) is 19.2. The van der Waals surface area contributed by atoms with Crippen LogP contribution >= 0.6 is 0 Å². The number of pyridine rings is 4. The Bertz CT molecular complexity index is 3980. The van der Waals surface area contributed by atoms with Crippen molar-refractivity contribution in [3.05, 3.63) is 210 Å². The van der Waals surface area contributed by atoms with E-state index in [-0.39, 0.29) is 16.7 Å². The Labute approximate surface area is 470 Å². The number of hydrogen-bond acceptors (Lipinski definition) is 0. The highest BCUT2D eigenvalue weighted by molar-refractivity contribution is 5.66. The SMILES string of the molecule is [2H]C([2H])([2H])c1cc(C)c(-c2cc(C)c(C([2H])([2H])[2H])c[n+]2C)cc1C.[2H]C([2H])([2H])c1ccc(-c2cc(C)c(C([2H])(C)C)cc2C)[n+](C)c1.[2H]C([2H])([2H])c1ccc(-c2cc(C)c(C([2H])([2H])C([2H])([2H])[2H])cc2C)[n+](C)c1.[2H]C([2H])([2H])c1ccc(-c2cc(C)c(C([2H])([2H])[2H])cc2C)[n+](C)c1. The maximum atomic E-state index is 8.26. The summed E-state index contributed by atoms with van der Waals surface area (Å²) in [5, 5.41) is 0. The van der Waals surface area contributed by atoms with Crippen LogP contribution < -0.4 is 18.3 Å². The molecule has 4 aromatic carbocycles. The lowest BCUT2D eigenvalue weighted by molar-refractivity contribution is -0.660. The lowest BCUT2D eigenvalue weighted by atomic mass is 9.92. The molecule has 4 heteroatoms. The summed E-state index contributed by atoms with van der Waals surface area (Å²) in [6.07, 6.45) is 3.98. The average Bonchev–Trinajstić information content (AvgIpc) is 0.784. The fourth-order valence-electron chi connectivity index (χ4n) is 8.72. The van der Waals surface area contributed by atoms with Crippen molar-refractivity contribution in [2.24, 2.45) is 28.2 Å². The first-order valence-corrected chi connectivity index (χ1v) is 23.8. The molecule has 0 spiro atoms. The third-order valence-electron chi connectivity index (χ3n) is 12.9. The minimum absolute atomic E-state index is 0.139. The molecule has 8 aromatic rings. The van der Waals surface area contributed by atoms with Crippen LogP contribution in [0.4, 0.5) is 0 Å². The van der Waals surface area contributed by atoms with Crippen molar-refractivity contribution in [3.8, 4) is 45.0 Å². The molecule has 0 atom stereocenters. The first-order chi connectivity index (χ1) is 43.3. The molecule has 0 bridgehead atoms. The van der Waals surface area contributed by atoms with E-state index in [1.54, 1.807) is 149 Å². The molecule has 4 heterocycles. The molecule has 0 aliphatic heterocycles. The van der Waals surface area contributed by atoms with E-state index in [1.807, 2.05) is 77.4 Å². The summed E-state index contributed by atoms with van der Waals surface area (Å²) in [6, 6.07) is 26.5. The maximum absolute atomic E-state index is 8.26. The Morgan fingerprint density at radius 1 is 0.375 bits per heavy atom. The second kappa shape index (κ2) is 24.3. The van der Waals surface area contributed by atoms with Crippen LogP contribution in [0.2, 0.25) is 0 Å². The molecule has 72 heavy (non-hydrogen) atoms. The van der Waals surface area contributed by atoms with Crippen molar-refractivity contribution >= 4 is 0 Å². The van der Waals surface area contributed by atoms with Crippen molar-refractivity contribution < 1.29 is 51.2 Å². The standard InChI is InChI=1S/C18H24N.2C17H22N.C16H20N/c1-12(2)16-9-15(5)17(10-14(16)4)18-8-7-13(3)11-19(18)6;1-11-7-14(4)16(8-12(11)2)17-9-13(3)15(5)10-18(17)6;1-6-15-9-14(4)16(10-13(15)3)17-8-7-12(2)11-18(17)5;1-11-6-7-16(17(5)10-11)15-9-13(3)12(2)8-14(15)4/h7-12H,1-6H3;7-10H,1-6H3;7-11H,6H2,1-5H3;6-10H,1-5H3/q4*+1/i3D3,12D;1D3,5D3;1D3,2D3,6D2;1D3,2D3. The molecule has 8 rings (SSSR count). The normalized spacial score (nSPS) is 17.3. The molecule has 376 valence electrons. The number of aryl methyl sites for hydroxylation is 20. The second-order valence-corrected chi connectivity index (χ2v) is 19.2. The van der Waals surface area contributed by atoms with E-state index in [0.29, 0.717) is 44.5 Å². The zero-order valence-corrected chi connectivity index (χ0v) is 44.8. The molecule has 0 unspecified atom stereocenters. The van der Waals surface area contributed by atoms with Gasteiger partial charge in [0, 0.05) is 102 Å². The quantitative estimate of drug-likeness (QED) is 0.148. The molecule has 0 aliphatic carbocycles. The van der Waals surface area contributed by atoms with Gasteiger partial charge in [-0.1, -0.05) is 45.0 Å². The number of rotatable bonds is 6. The summed E-state index contributed by atoms with van der Waals surface area (Å²) in [4.78, 5) is 0. The van der Waals surface area contributed by atoms with Crippen molar-refractivity contribution in [2.45, 2.75) is 136 Å². The van der Waals surface area contributed by atoms with Crippen LogP contribution in [-0.4, -0.2) is 0 Å². The lowest BCUT2D eigenvalue weighted by Crippen LogP contribution is -2.31. The van der Waals surface area contributed by atoms with Crippen LogP contribution in [0, 0.1) is 103 Å². The smallest absolute Gasteiger partial charge is 0.201 e. The van der Waals surface area contributed by atoms with Crippen LogP contribution in [0.3, 0.4) is 0 Å². The van der Waals surface area contributed by atoms with E-state index in [0.717, 1.165) is 78.4 Å². The largest absolute Gasteiger partial charge is 0.212 e. The van der Waals surface area contributed by atoms with E-state index < -0.39 is 60.2 Å². The number of nitrogens with zero attached hydrogens (tertiary/aromatic N) is 4. The number of benzene rings is 4. The Hall–Kier alpha value is -6.52. The molecule has 0 fully saturated rings. The van der Waals surface area contributed by atoms with E-state index in [4.69, 9.17) is 32.9 Å². The van der Waals surface area contributed by atoms with Gasteiger partial charge in [0.15, 0.2) is 24.8 Å². The summed E-state index contributed by atoms with van der Waals surface area (Å²) in [7, 11) is 7.20. The zero-order chi connectivity index (χ0) is 73.7. The number of aromatic nitrogens is 4. The molecular formula is C68H88N4+4. The zero-order valence-electron chi connectivity index (χ0n) is 68.8. The van der Waals surface area contributed by atoms with Gasteiger partial charge < -0.3 is 0 Å². The monoisotopic (exact) mass is 985 g/mol. The van der Waals surface area contributed by atoms with E-state index in [9.17, 15) is 0 Å². The van der Waals surface area contributed by atoms with E-state index in [1.165, 1.54) is 0 Å². The van der Waals surface area contributed by atoms with Crippen LogP contribution in [0.15, 0.2) is 116 Å². The Morgan fingerprint density at radius 3 is 1.15 bits per heavy atom. The van der Waals surface area contributed by atoms with Gasteiger partial charge in [-0.3, -0.25) is 0 Å². The van der Waals surface area contributed by atoms with Gasteiger partial charge in [-0.25, -0.2) is 18.3 Å². The van der Waals surface area contributed by atoms with Crippen LogP contribution in [0.1, 0.15) is 154 Å². The highest BCUT2D eigenvalue weighted by Gasteiger charge is 2.18. The van der Waals surface area contributed by atoms with Gasteiger partial charge in [0.1, 0.15) is 28.2 Å². The van der Waals surface area contributed by atoms with Crippen LogP contribution in [-0.2, 0) is 34.6 Å². The van der Waals surface area contributed by atoms with Gasteiger partial charge in [0.25, 0.3) is 0 Å². The molecule has 0 radical (unpaired) electrons. The molecule has 0 saturated carbocycles. The van der Waals surface area contributed by atoms with E-state index in [2.05, 4.69) is 12.1 Å². The van der Waals surface area contributed by atoms with Gasteiger partial charge in [-0.05, 0) is 230 Å². The highest BCUT2D eigenvalue weighted by Crippen LogP contribution is 2.30. The summed E-state index contributed by atoms with van der Waals surface area (Å²) < 4.78 is 190.